The van der Waals surface area contributed by atoms with Crippen molar-refractivity contribution in [2.45, 2.75) is 46.2 Å². The van der Waals surface area contributed by atoms with E-state index in [9.17, 15) is 0 Å². The molecule has 0 aliphatic heterocycles. The normalized spacial score (nSPS) is 13.1. The van der Waals surface area contributed by atoms with Crippen LogP contribution in [0.1, 0.15) is 38.9 Å². The lowest BCUT2D eigenvalue weighted by Gasteiger charge is -2.30. The maximum atomic E-state index is 6.20. The summed E-state index contributed by atoms with van der Waals surface area (Å²) < 4.78 is 2.04. The number of rotatable bonds is 6. The van der Waals surface area contributed by atoms with Crippen molar-refractivity contribution in [2.24, 2.45) is 0 Å². The molecule has 0 fully saturated rings. The predicted molar refractivity (Wildman–Crippen MR) is 82.6 cm³/mol. The highest BCUT2D eigenvalue weighted by Crippen LogP contribution is 2.30. The molecule has 5 heteroatoms. The lowest BCUT2D eigenvalue weighted by Crippen LogP contribution is -2.35. The fourth-order valence-electron chi connectivity index (χ4n) is 2.13. The average molecular weight is 270 g/mol. The molecule has 1 aromatic heterocycles. The van der Waals surface area contributed by atoms with E-state index >= 15 is 0 Å². The molecule has 4 nitrogen and oxygen atoms in total. The van der Waals surface area contributed by atoms with Crippen LogP contribution in [-0.4, -0.2) is 34.9 Å². The van der Waals surface area contributed by atoms with E-state index in [1.165, 1.54) is 0 Å². The van der Waals surface area contributed by atoms with Crippen molar-refractivity contribution in [3.63, 3.8) is 0 Å². The Bertz CT molecular complexity index is 387. The van der Waals surface area contributed by atoms with Gasteiger partial charge in [-0.1, -0.05) is 6.92 Å². The first kappa shape index (κ1) is 15.2. The van der Waals surface area contributed by atoms with Gasteiger partial charge in [0.05, 0.1) is 11.4 Å². The van der Waals surface area contributed by atoms with Crippen LogP contribution in [0.2, 0.25) is 0 Å². The van der Waals surface area contributed by atoms with Gasteiger partial charge in [0.25, 0.3) is 0 Å². The molecule has 0 radical (unpaired) electrons. The monoisotopic (exact) mass is 270 g/mol. The Hall–Kier alpha value is -0.840. The zero-order valence-corrected chi connectivity index (χ0v) is 13.2. The van der Waals surface area contributed by atoms with Crippen LogP contribution in [0.4, 0.5) is 11.5 Å². The molecular formula is C13H26N4S. The van der Waals surface area contributed by atoms with Crippen molar-refractivity contribution in [3.05, 3.63) is 5.69 Å². The molecule has 1 heterocycles. The van der Waals surface area contributed by atoms with Gasteiger partial charge in [-0.3, -0.25) is 0 Å². The van der Waals surface area contributed by atoms with Crippen molar-refractivity contribution < 1.29 is 0 Å². The summed E-state index contributed by atoms with van der Waals surface area (Å²) in [6, 6.07) is 0.820. The standard InChI is InChI=1S/C13H26N4S/c1-7-11(8-18-6)16(5)13-12(14)10(4)15-17(13)9(2)3/h9,11H,7-8,14H2,1-6H3. The quantitative estimate of drug-likeness (QED) is 0.863. The zero-order chi connectivity index (χ0) is 13.9. The summed E-state index contributed by atoms with van der Waals surface area (Å²) in [4.78, 5) is 2.28. The van der Waals surface area contributed by atoms with Gasteiger partial charge >= 0.3 is 0 Å². The molecule has 0 spiro atoms. The number of nitrogen functional groups attached to an aromatic ring is 1. The number of thioether (sulfide) groups is 1. The minimum Gasteiger partial charge on any atom is -0.394 e. The predicted octanol–water partition coefficient (Wildman–Crippen LogP) is 2.93. The third kappa shape index (κ3) is 2.94. The van der Waals surface area contributed by atoms with Gasteiger partial charge in [-0.15, -0.1) is 0 Å². The SMILES string of the molecule is CCC(CSC)N(C)c1c(N)c(C)nn1C(C)C. The summed E-state index contributed by atoms with van der Waals surface area (Å²) in [5.74, 6) is 2.16. The molecule has 1 rings (SSSR count). The molecule has 0 aliphatic rings. The lowest BCUT2D eigenvalue weighted by molar-refractivity contribution is 0.516. The lowest BCUT2D eigenvalue weighted by atomic mass is 10.2. The molecule has 0 amide bonds. The van der Waals surface area contributed by atoms with Crippen LogP contribution in [0.25, 0.3) is 0 Å². The minimum atomic E-state index is 0.324. The van der Waals surface area contributed by atoms with Crippen LogP contribution in [0.5, 0.6) is 0 Å². The summed E-state index contributed by atoms with van der Waals surface area (Å²) in [7, 11) is 2.12. The van der Waals surface area contributed by atoms with E-state index < -0.39 is 0 Å². The van der Waals surface area contributed by atoms with Gasteiger partial charge in [-0.2, -0.15) is 16.9 Å². The molecule has 0 saturated carbocycles. The van der Waals surface area contributed by atoms with Crippen LogP contribution in [-0.2, 0) is 0 Å². The molecule has 18 heavy (non-hydrogen) atoms. The Kier molecular flexibility index (Phi) is 5.38. The Morgan fingerprint density at radius 3 is 2.50 bits per heavy atom. The van der Waals surface area contributed by atoms with Gasteiger partial charge in [0.15, 0.2) is 5.82 Å². The van der Waals surface area contributed by atoms with Gasteiger partial charge in [0.1, 0.15) is 0 Å². The van der Waals surface area contributed by atoms with Crippen LogP contribution in [0, 0.1) is 6.92 Å². The Balaban J connectivity index is 3.13. The highest BCUT2D eigenvalue weighted by Gasteiger charge is 2.22. The third-order valence-electron chi connectivity index (χ3n) is 3.31. The molecule has 2 N–H and O–H groups in total. The van der Waals surface area contributed by atoms with Gasteiger partial charge in [0, 0.05) is 24.9 Å². The van der Waals surface area contributed by atoms with Crippen molar-refractivity contribution in [1.29, 1.82) is 0 Å². The average Bonchev–Trinajstić information content (AvgIpc) is 2.62. The molecule has 1 aromatic rings. The third-order valence-corrected chi connectivity index (χ3v) is 4.02. The van der Waals surface area contributed by atoms with Gasteiger partial charge in [-0.05, 0) is 33.4 Å². The van der Waals surface area contributed by atoms with Crippen molar-refractivity contribution >= 4 is 23.3 Å². The first-order valence-electron chi connectivity index (χ1n) is 6.50. The number of hydrogen-bond acceptors (Lipinski definition) is 4. The Morgan fingerprint density at radius 2 is 2.06 bits per heavy atom. The molecule has 1 unspecified atom stereocenters. The topological polar surface area (TPSA) is 47.1 Å². The molecule has 0 bridgehead atoms. The molecule has 1 atom stereocenters. The van der Waals surface area contributed by atoms with E-state index in [0.717, 1.165) is 29.4 Å². The largest absolute Gasteiger partial charge is 0.394 e. The number of aromatic nitrogens is 2. The van der Waals surface area contributed by atoms with Crippen LogP contribution in [0.15, 0.2) is 0 Å². The van der Waals surface area contributed by atoms with Gasteiger partial charge in [0.2, 0.25) is 0 Å². The molecule has 0 aliphatic carbocycles. The summed E-state index contributed by atoms with van der Waals surface area (Å²) in [6.45, 7) is 8.47. The highest BCUT2D eigenvalue weighted by atomic mass is 32.2. The van der Waals surface area contributed by atoms with Crippen LogP contribution >= 0.6 is 11.8 Å². The van der Waals surface area contributed by atoms with Gasteiger partial charge < -0.3 is 10.6 Å². The summed E-state index contributed by atoms with van der Waals surface area (Å²) in [5, 5.41) is 4.55. The molecular weight excluding hydrogens is 244 g/mol. The Morgan fingerprint density at radius 1 is 1.44 bits per heavy atom. The summed E-state index contributed by atoms with van der Waals surface area (Å²) >= 11 is 1.87. The molecule has 0 saturated heterocycles. The first-order chi connectivity index (χ1) is 8.43. The number of hydrogen-bond donors (Lipinski definition) is 1. The van der Waals surface area contributed by atoms with Crippen molar-refractivity contribution in [2.75, 3.05) is 29.7 Å². The number of anilines is 2. The fourth-order valence-corrected chi connectivity index (χ4v) is 2.97. The maximum absolute atomic E-state index is 6.20. The van der Waals surface area contributed by atoms with Crippen LogP contribution < -0.4 is 10.6 Å². The number of nitrogens with zero attached hydrogens (tertiary/aromatic N) is 3. The van der Waals surface area contributed by atoms with E-state index in [4.69, 9.17) is 5.73 Å². The van der Waals surface area contributed by atoms with Gasteiger partial charge in [-0.25, -0.2) is 4.68 Å². The second kappa shape index (κ2) is 6.36. The van der Waals surface area contributed by atoms with E-state index in [2.05, 4.69) is 44.1 Å². The fraction of sp³-hybridized carbons (Fsp3) is 0.769. The highest BCUT2D eigenvalue weighted by molar-refractivity contribution is 7.98. The van der Waals surface area contributed by atoms with Crippen molar-refractivity contribution in [3.8, 4) is 0 Å². The first-order valence-corrected chi connectivity index (χ1v) is 7.89. The summed E-state index contributed by atoms with van der Waals surface area (Å²) in [6.07, 6.45) is 3.25. The maximum Gasteiger partial charge on any atom is 0.150 e. The number of aryl methyl sites for hydroxylation is 1. The van der Waals surface area contributed by atoms with Crippen LogP contribution in [0.3, 0.4) is 0 Å². The molecule has 0 aromatic carbocycles. The minimum absolute atomic E-state index is 0.324. The smallest absolute Gasteiger partial charge is 0.150 e. The second-order valence-electron chi connectivity index (χ2n) is 4.99. The Labute approximate surface area is 115 Å². The van der Waals surface area contributed by atoms with Crippen molar-refractivity contribution in [1.82, 2.24) is 9.78 Å². The van der Waals surface area contributed by atoms with E-state index in [-0.39, 0.29) is 0 Å². The second-order valence-corrected chi connectivity index (χ2v) is 5.90. The zero-order valence-electron chi connectivity index (χ0n) is 12.4. The van der Waals surface area contributed by atoms with E-state index in [1.807, 2.05) is 23.4 Å². The number of nitrogens with two attached hydrogens (primary N) is 1. The van der Waals surface area contributed by atoms with E-state index in [0.29, 0.717) is 12.1 Å². The van der Waals surface area contributed by atoms with E-state index in [1.54, 1.807) is 0 Å². The molecule has 104 valence electrons. The summed E-state index contributed by atoms with van der Waals surface area (Å²) in [5.41, 5.74) is 7.93.